The number of hydrogen-bond donors (Lipinski definition) is 2. The number of fused-ring (bicyclic) bond motifs is 1. The highest BCUT2D eigenvalue weighted by Crippen LogP contribution is 2.70. The van der Waals surface area contributed by atoms with Crippen LogP contribution in [0.5, 0.6) is 0 Å². The first-order valence-electron chi connectivity index (χ1n) is 5.15. The average Bonchev–Trinajstić information content (AvgIpc) is 2.86. The molecular weight excluding hydrogens is 168 g/mol. The van der Waals surface area contributed by atoms with Crippen molar-refractivity contribution in [2.45, 2.75) is 56.5 Å². The Morgan fingerprint density at radius 1 is 1.23 bits per heavy atom. The van der Waals surface area contributed by atoms with Crippen molar-refractivity contribution < 1.29 is 14.9 Å². The predicted molar refractivity (Wildman–Crippen MR) is 46.2 cm³/mol. The molecule has 3 rings (SSSR count). The minimum Gasteiger partial charge on any atom is -0.392 e. The highest BCUT2D eigenvalue weighted by atomic mass is 16.5. The molecule has 0 aromatic rings. The first kappa shape index (κ1) is 8.21. The fourth-order valence-electron chi connectivity index (χ4n) is 3.13. The third-order valence-electron chi connectivity index (χ3n) is 4.11. The van der Waals surface area contributed by atoms with Crippen LogP contribution in [0.15, 0.2) is 0 Å². The molecule has 13 heavy (non-hydrogen) atoms. The third-order valence-corrected chi connectivity index (χ3v) is 4.11. The molecule has 0 aromatic carbocycles. The topological polar surface area (TPSA) is 49.7 Å². The molecule has 1 heterocycles. The molecule has 3 nitrogen and oxygen atoms in total. The summed E-state index contributed by atoms with van der Waals surface area (Å²) in [6.07, 6.45) is 3.03. The normalized spacial score (nSPS) is 57.0. The zero-order valence-corrected chi connectivity index (χ0v) is 7.86. The fraction of sp³-hybridized carbons (Fsp3) is 1.00. The zero-order chi connectivity index (χ0) is 9.27. The van der Waals surface area contributed by atoms with E-state index in [0.717, 1.165) is 25.7 Å². The third kappa shape index (κ3) is 0.808. The lowest BCUT2D eigenvalue weighted by atomic mass is 9.83. The summed E-state index contributed by atoms with van der Waals surface area (Å²) >= 11 is 0. The number of rotatable bonds is 0. The quantitative estimate of drug-likeness (QED) is 0.574. The second-order valence-corrected chi connectivity index (χ2v) is 4.95. The second kappa shape index (κ2) is 2.10. The summed E-state index contributed by atoms with van der Waals surface area (Å²) in [6.45, 7) is 1.98. The molecule has 1 saturated heterocycles. The van der Waals surface area contributed by atoms with Gasteiger partial charge in [-0.05, 0) is 26.2 Å². The maximum Gasteiger partial charge on any atom is 0.105 e. The monoisotopic (exact) mass is 184 g/mol. The highest BCUT2D eigenvalue weighted by molar-refractivity contribution is 5.26. The van der Waals surface area contributed by atoms with E-state index in [0.29, 0.717) is 0 Å². The van der Waals surface area contributed by atoms with Crippen molar-refractivity contribution >= 4 is 0 Å². The lowest BCUT2D eigenvalue weighted by molar-refractivity contribution is -0.171. The molecule has 0 radical (unpaired) electrons. The summed E-state index contributed by atoms with van der Waals surface area (Å²) in [5.41, 5.74) is -0.428. The van der Waals surface area contributed by atoms with Crippen molar-refractivity contribution in [3.05, 3.63) is 0 Å². The Kier molecular flexibility index (Phi) is 1.33. The summed E-state index contributed by atoms with van der Waals surface area (Å²) in [4.78, 5) is 0. The van der Waals surface area contributed by atoms with Crippen molar-refractivity contribution in [1.29, 1.82) is 0 Å². The Labute approximate surface area is 77.7 Å². The van der Waals surface area contributed by atoms with Gasteiger partial charge in [-0.2, -0.15) is 0 Å². The maximum atomic E-state index is 9.97. The molecule has 4 atom stereocenters. The molecular formula is C10H16O3. The summed E-state index contributed by atoms with van der Waals surface area (Å²) in [5, 5.41) is 19.6. The van der Waals surface area contributed by atoms with Crippen LogP contribution in [-0.4, -0.2) is 34.1 Å². The number of aliphatic hydroxyl groups is 2. The SMILES string of the molecule is CC1C[C@@H](O)C2(CC2)C2(CC2O)O1. The number of aliphatic hydroxyl groups excluding tert-OH is 2. The molecule has 2 N–H and O–H groups in total. The van der Waals surface area contributed by atoms with E-state index in [-0.39, 0.29) is 29.3 Å². The molecule has 0 amide bonds. The maximum absolute atomic E-state index is 9.97. The minimum absolute atomic E-state index is 0.0705. The van der Waals surface area contributed by atoms with E-state index < -0.39 is 0 Å². The van der Waals surface area contributed by atoms with E-state index >= 15 is 0 Å². The lowest BCUT2D eigenvalue weighted by Gasteiger charge is -2.40. The minimum atomic E-state index is -0.357. The molecule has 74 valence electrons. The van der Waals surface area contributed by atoms with E-state index in [1.807, 2.05) is 6.92 Å². The largest absolute Gasteiger partial charge is 0.392 e. The molecule has 2 aliphatic carbocycles. The summed E-state index contributed by atoms with van der Waals surface area (Å²) < 4.78 is 5.84. The Balaban J connectivity index is 1.92. The summed E-state index contributed by atoms with van der Waals surface area (Å²) in [7, 11) is 0. The zero-order valence-electron chi connectivity index (χ0n) is 7.86. The smallest absolute Gasteiger partial charge is 0.105 e. The molecule has 3 aliphatic rings. The molecule has 0 aromatic heterocycles. The van der Waals surface area contributed by atoms with Crippen LogP contribution in [0.2, 0.25) is 0 Å². The fourth-order valence-corrected chi connectivity index (χ4v) is 3.13. The lowest BCUT2D eigenvalue weighted by Crippen LogP contribution is -2.48. The first-order chi connectivity index (χ1) is 6.11. The van der Waals surface area contributed by atoms with Gasteiger partial charge >= 0.3 is 0 Å². The van der Waals surface area contributed by atoms with Crippen LogP contribution < -0.4 is 0 Å². The number of ether oxygens (including phenoxy) is 1. The van der Waals surface area contributed by atoms with Crippen molar-refractivity contribution in [2.24, 2.45) is 5.41 Å². The van der Waals surface area contributed by atoms with Gasteiger partial charge in [0.15, 0.2) is 0 Å². The molecule has 1 aliphatic heterocycles. The van der Waals surface area contributed by atoms with Gasteiger partial charge in [0.05, 0.1) is 18.3 Å². The highest BCUT2D eigenvalue weighted by Gasteiger charge is 2.77. The van der Waals surface area contributed by atoms with Crippen LogP contribution >= 0.6 is 0 Å². The van der Waals surface area contributed by atoms with E-state index in [2.05, 4.69) is 0 Å². The van der Waals surface area contributed by atoms with E-state index in [4.69, 9.17) is 4.74 Å². The van der Waals surface area contributed by atoms with E-state index in [1.165, 1.54) is 0 Å². The molecule has 2 spiro atoms. The van der Waals surface area contributed by atoms with Crippen LogP contribution in [-0.2, 0) is 4.74 Å². The van der Waals surface area contributed by atoms with Crippen LogP contribution in [0.1, 0.15) is 32.6 Å². The van der Waals surface area contributed by atoms with E-state index in [1.54, 1.807) is 0 Å². The van der Waals surface area contributed by atoms with Crippen molar-refractivity contribution in [1.82, 2.24) is 0 Å². The van der Waals surface area contributed by atoms with Crippen molar-refractivity contribution in [3.63, 3.8) is 0 Å². The molecule has 3 fully saturated rings. The van der Waals surface area contributed by atoms with Gasteiger partial charge < -0.3 is 14.9 Å². The molecule has 3 heteroatoms. The summed E-state index contributed by atoms with van der Waals surface area (Å²) in [6, 6.07) is 0. The Morgan fingerprint density at radius 3 is 2.31 bits per heavy atom. The summed E-state index contributed by atoms with van der Waals surface area (Å²) in [5.74, 6) is 0. The van der Waals surface area contributed by atoms with Crippen LogP contribution in [0.3, 0.4) is 0 Å². The molecule has 3 unspecified atom stereocenters. The Morgan fingerprint density at radius 2 is 1.85 bits per heavy atom. The second-order valence-electron chi connectivity index (χ2n) is 4.95. The van der Waals surface area contributed by atoms with Crippen LogP contribution in [0.25, 0.3) is 0 Å². The van der Waals surface area contributed by atoms with Gasteiger partial charge in [0.1, 0.15) is 5.60 Å². The van der Waals surface area contributed by atoms with Crippen molar-refractivity contribution in [2.75, 3.05) is 0 Å². The Bertz CT molecular complexity index is 249. The number of hydrogen-bond acceptors (Lipinski definition) is 3. The van der Waals surface area contributed by atoms with Gasteiger partial charge in [0.2, 0.25) is 0 Å². The standard InChI is InChI=1S/C10H16O3/c1-6-4-7(11)9(2-3-9)10(13-6)5-8(10)12/h6-8,11-12H,2-5H2,1H3/t6?,7-,8?,10?/m1/s1. The Hall–Kier alpha value is -0.120. The van der Waals surface area contributed by atoms with Gasteiger partial charge in [-0.3, -0.25) is 0 Å². The van der Waals surface area contributed by atoms with Crippen LogP contribution in [0.4, 0.5) is 0 Å². The van der Waals surface area contributed by atoms with Gasteiger partial charge in [0, 0.05) is 11.8 Å². The predicted octanol–water partition coefficient (Wildman–Crippen LogP) is 0.440. The van der Waals surface area contributed by atoms with Gasteiger partial charge in [0.25, 0.3) is 0 Å². The first-order valence-corrected chi connectivity index (χ1v) is 5.15. The van der Waals surface area contributed by atoms with Crippen molar-refractivity contribution in [3.8, 4) is 0 Å². The molecule has 2 saturated carbocycles. The van der Waals surface area contributed by atoms with Gasteiger partial charge in [-0.25, -0.2) is 0 Å². The molecule has 0 bridgehead atoms. The van der Waals surface area contributed by atoms with Crippen LogP contribution in [0, 0.1) is 5.41 Å². The average molecular weight is 184 g/mol. The van der Waals surface area contributed by atoms with Gasteiger partial charge in [-0.1, -0.05) is 0 Å². The van der Waals surface area contributed by atoms with E-state index in [9.17, 15) is 10.2 Å². The van der Waals surface area contributed by atoms with Gasteiger partial charge in [-0.15, -0.1) is 0 Å².